The number of hydrogen-bond donors (Lipinski definition) is 1. The average Bonchev–Trinajstić information content (AvgIpc) is 2.38. The topological polar surface area (TPSA) is 83.2 Å². The molecule has 0 atom stereocenters. The van der Waals surface area contributed by atoms with E-state index in [4.69, 9.17) is 26.7 Å². The van der Waals surface area contributed by atoms with Gasteiger partial charge in [-0.2, -0.15) is 5.26 Å². The zero-order valence-electron chi connectivity index (χ0n) is 10.4. The van der Waals surface area contributed by atoms with Gasteiger partial charge in [0.1, 0.15) is 22.9 Å². The molecule has 0 aliphatic rings. The van der Waals surface area contributed by atoms with Crippen LogP contribution < -0.4 is 4.74 Å². The SMILES string of the molecule is Cc1ccnc(Oc2cc(Cl)ccc2C(=O)O)c1C#N. The molecular formula is C14H9ClN2O3. The molecule has 2 rings (SSSR count). The fraction of sp³-hybridized carbons (Fsp3) is 0.0714. The van der Waals surface area contributed by atoms with Gasteiger partial charge in [-0.15, -0.1) is 0 Å². The lowest BCUT2D eigenvalue weighted by Gasteiger charge is -2.10. The van der Waals surface area contributed by atoms with Crippen molar-refractivity contribution in [1.29, 1.82) is 5.26 Å². The molecule has 0 amide bonds. The van der Waals surface area contributed by atoms with Crippen molar-refractivity contribution < 1.29 is 14.6 Å². The predicted molar refractivity (Wildman–Crippen MR) is 72.2 cm³/mol. The molecular weight excluding hydrogens is 280 g/mol. The zero-order chi connectivity index (χ0) is 14.7. The monoisotopic (exact) mass is 288 g/mol. The first-order valence-corrected chi connectivity index (χ1v) is 5.97. The predicted octanol–water partition coefficient (Wildman–Crippen LogP) is 3.41. The summed E-state index contributed by atoms with van der Waals surface area (Å²) in [5.41, 5.74) is 0.891. The number of nitrogens with zero attached hydrogens (tertiary/aromatic N) is 2. The van der Waals surface area contributed by atoms with E-state index in [1.165, 1.54) is 24.4 Å². The van der Waals surface area contributed by atoms with Crippen LogP contribution in [-0.4, -0.2) is 16.1 Å². The van der Waals surface area contributed by atoms with E-state index in [9.17, 15) is 4.79 Å². The number of carboxylic acids is 1. The third-order valence-corrected chi connectivity index (χ3v) is 2.85. The minimum absolute atomic E-state index is 0.0413. The maximum atomic E-state index is 11.1. The summed E-state index contributed by atoms with van der Waals surface area (Å²) < 4.78 is 5.46. The number of hydrogen-bond acceptors (Lipinski definition) is 4. The minimum atomic E-state index is -1.15. The summed E-state index contributed by atoms with van der Waals surface area (Å²) in [6.45, 7) is 1.74. The van der Waals surface area contributed by atoms with Gasteiger partial charge in [-0.1, -0.05) is 11.6 Å². The van der Waals surface area contributed by atoms with E-state index < -0.39 is 5.97 Å². The highest BCUT2D eigenvalue weighted by Gasteiger charge is 2.16. The Bertz CT molecular complexity index is 723. The van der Waals surface area contributed by atoms with Gasteiger partial charge >= 0.3 is 5.97 Å². The molecule has 6 heteroatoms. The molecule has 0 radical (unpaired) electrons. The minimum Gasteiger partial charge on any atom is -0.478 e. The van der Waals surface area contributed by atoms with Crippen LogP contribution in [0.1, 0.15) is 21.5 Å². The van der Waals surface area contributed by atoms with Crippen LogP contribution >= 0.6 is 11.6 Å². The van der Waals surface area contributed by atoms with Crippen molar-refractivity contribution in [2.75, 3.05) is 0 Å². The maximum Gasteiger partial charge on any atom is 0.339 e. The maximum absolute atomic E-state index is 11.1. The van der Waals surface area contributed by atoms with Crippen molar-refractivity contribution in [1.82, 2.24) is 4.98 Å². The number of benzene rings is 1. The lowest BCUT2D eigenvalue weighted by atomic mass is 10.1. The van der Waals surface area contributed by atoms with Gasteiger partial charge in [-0.05, 0) is 30.7 Å². The fourth-order valence-electron chi connectivity index (χ4n) is 1.61. The zero-order valence-corrected chi connectivity index (χ0v) is 11.2. The summed E-state index contributed by atoms with van der Waals surface area (Å²) in [7, 11) is 0. The summed E-state index contributed by atoms with van der Waals surface area (Å²) in [4.78, 5) is 15.1. The van der Waals surface area contributed by atoms with E-state index in [1.807, 2.05) is 6.07 Å². The first-order valence-electron chi connectivity index (χ1n) is 5.59. The van der Waals surface area contributed by atoms with Gasteiger partial charge < -0.3 is 9.84 Å². The highest BCUT2D eigenvalue weighted by Crippen LogP contribution is 2.30. The van der Waals surface area contributed by atoms with Gasteiger partial charge in [-0.3, -0.25) is 0 Å². The van der Waals surface area contributed by atoms with Crippen molar-refractivity contribution in [3.05, 3.63) is 52.2 Å². The number of halogens is 1. The number of aromatic carboxylic acids is 1. The summed E-state index contributed by atoms with van der Waals surface area (Å²) >= 11 is 5.83. The number of rotatable bonds is 3. The molecule has 0 aliphatic heterocycles. The van der Waals surface area contributed by atoms with Crippen LogP contribution in [-0.2, 0) is 0 Å². The summed E-state index contributed by atoms with van der Waals surface area (Å²) in [5, 5.41) is 18.5. The smallest absolute Gasteiger partial charge is 0.339 e. The van der Waals surface area contributed by atoms with Gasteiger partial charge in [0, 0.05) is 17.3 Å². The van der Waals surface area contributed by atoms with Gasteiger partial charge in [0.15, 0.2) is 0 Å². The van der Waals surface area contributed by atoms with Crippen LogP contribution in [0.2, 0.25) is 5.02 Å². The Kier molecular flexibility index (Phi) is 3.87. The summed E-state index contributed by atoms with van der Waals surface area (Å²) in [5.74, 6) is -1.06. The van der Waals surface area contributed by atoms with Gasteiger partial charge in [0.05, 0.1) is 0 Å². The lowest BCUT2D eigenvalue weighted by Crippen LogP contribution is -2.02. The quantitative estimate of drug-likeness (QED) is 0.935. The largest absolute Gasteiger partial charge is 0.478 e. The molecule has 1 aromatic heterocycles. The van der Waals surface area contributed by atoms with Crippen LogP contribution in [0.3, 0.4) is 0 Å². The molecule has 0 saturated heterocycles. The third-order valence-electron chi connectivity index (χ3n) is 2.62. The molecule has 100 valence electrons. The van der Waals surface area contributed by atoms with Crippen LogP contribution in [0, 0.1) is 18.3 Å². The van der Waals surface area contributed by atoms with Crippen LogP contribution in [0.25, 0.3) is 0 Å². The van der Waals surface area contributed by atoms with Crippen LogP contribution in [0.4, 0.5) is 0 Å². The molecule has 2 aromatic rings. The molecule has 5 nitrogen and oxygen atoms in total. The van der Waals surface area contributed by atoms with Crippen LogP contribution in [0.15, 0.2) is 30.5 Å². The van der Waals surface area contributed by atoms with Gasteiger partial charge in [-0.25, -0.2) is 9.78 Å². The third kappa shape index (κ3) is 2.71. The Morgan fingerprint density at radius 3 is 2.85 bits per heavy atom. The Hall–Kier alpha value is -2.58. The van der Waals surface area contributed by atoms with Crippen molar-refractivity contribution in [2.45, 2.75) is 6.92 Å². The van der Waals surface area contributed by atoms with E-state index in [1.54, 1.807) is 13.0 Å². The first-order chi connectivity index (χ1) is 9.52. The second-order valence-electron chi connectivity index (χ2n) is 3.97. The molecule has 20 heavy (non-hydrogen) atoms. The van der Waals surface area contributed by atoms with Gasteiger partial charge in [0.2, 0.25) is 5.88 Å². The Morgan fingerprint density at radius 1 is 1.45 bits per heavy atom. The van der Waals surface area contributed by atoms with Gasteiger partial charge in [0.25, 0.3) is 0 Å². The number of carboxylic acid groups (broad SMARTS) is 1. The fourth-order valence-corrected chi connectivity index (χ4v) is 1.77. The average molecular weight is 289 g/mol. The van der Waals surface area contributed by atoms with Crippen LogP contribution in [0.5, 0.6) is 11.6 Å². The Morgan fingerprint density at radius 2 is 2.20 bits per heavy atom. The second kappa shape index (κ2) is 5.59. The molecule has 1 aromatic carbocycles. The molecule has 0 spiro atoms. The molecule has 0 bridgehead atoms. The first kappa shape index (κ1) is 13.8. The Balaban J connectivity index is 2.51. The van der Waals surface area contributed by atoms with E-state index in [-0.39, 0.29) is 22.8 Å². The lowest BCUT2D eigenvalue weighted by molar-refractivity contribution is 0.0694. The standard InChI is InChI=1S/C14H9ClN2O3/c1-8-4-5-17-13(11(8)7-16)20-12-6-9(15)2-3-10(12)14(18)19/h2-6H,1H3,(H,18,19). The molecule has 0 saturated carbocycles. The molecule has 0 unspecified atom stereocenters. The number of ether oxygens (including phenoxy) is 1. The van der Waals surface area contributed by atoms with E-state index in [2.05, 4.69) is 4.98 Å². The summed E-state index contributed by atoms with van der Waals surface area (Å²) in [6, 6.07) is 7.81. The van der Waals surface area contributed by atoms with Crippen molar-refractivity contribution in [3.63, 3.8) is 0 Å². The molecule has 0 aliphatic carbocycles. The van der Waals surface area contributed by atoms with Crippen molar-refractivity contribution in [2.24, 2.45) is 0 Å². The van der Waals surface area contributed by atoms with Crippen molar-refractivity contribution >= 4 is 17.6 Å². The van der Waals surface area contributed by atoms with E-state index >= 15 is 0 Å². The number of aryl methyl sites for hydroxylation is 1. The summed E-state index contributed by atoms with van der Waals surface area (Å²) in [6.07, 6.45) is 1.48. The highest BCUT2D eigenvalue weighted by atomic mass is 35.5. The number of nitriles is 1. The number of pyridine rings is 1. The molecule has 1 N–H and O–H groups in total. The molecule has 0 fully saturated rings. The Labute approximate surface area is 120 Å². The van der Waals surface area contributed by atoms with E-state index in [0.29, 0.717) is 10.6 Å². The van der Waals surface area contributed by atoms with Crippen molar-refractivity contribution in [3.8, 4) is 17.7 Å². The molecule has 1 heterocycles. The highest BCUT2D eigenvalue weighted by molar-refractivity contribution is 6.30. The second-order valence-corrected chi connectivity index (χ2v) is 4.40. The van der Waals surface area contributed by atoms with E-state index in [0.717, 1.165) is 0 Å². The number of aromatic nitrogens is 1. The normalized spacial score (nSPS) is 9.85. The number of carbonyl (C=O) groups is 1.